The van der Waals surface area contributed by atoms with Gasteiger partial charge in [-0.3, -0.25) is 19.9 Å². The van der Waals surface area contributed by atoms with Crippen molar-refractivity contribution in [2.24, 2.45) is 0 Å². The molecule has 0 spiro atoms. The lowest BCUT2D eigenvalue weighted by Gasteiger charge is -2.06. The number of benzene rings is 1. The van der Waals surface area contributed by atoms with Gasteiger partial charge in [-0.25, -0.2) is 0 Å². The van der Waals surface area contributed by atoms with Crippen LogP contribution in [0.1, 0.15) is 5.69 Å². The van der Waals surface area contributed by atoms with Crippen LogP contribution in [0.15, 0.2) is 42.6 Å². The normalized spacial score (nSPS) is 10.0. The largest absolute Gasteiger partial charge is 0.481 e. The Labute approximate surface area is 113 Å². The lowest BCUT2D eigenvalue weighted by atomic mass is 10.2. The zero-order valence-corrected chi connectivity index (χ0v) is 10.2. The molecule has 1 heterocycles. The molecule has 0 aliphatic rings. The average molecular weight is 274 g/mol. The molecule has 0 atom stereocenters. The van der Waals surface area contributed by atoms with Gasteiger partial charge in [0.15, 0.2) is 0 Å². The molecule has 0 aliphatic heterocycles. The highest BCUT2D eigenvalue weighted by Gasteiger charge is 2.07. The number of aliphatic carboxylic acids is 1. The molecule has 0 amide bonds. The van der Waals surface area contributed by atoms with Crippen LogP contribution in [0.5, 0.6) is 11.5 Å². The number of nitro groups is 1. The van der Waals surface area contributed by atoms with Crippen molar-refractivity contribution in [1.82, 2.24) is 4.98 Å². The Morgan fingerprint density at radius 3 is 2.55 bits per heavy atom. The summed E-state index contributed by atoms with van der Waals surface area (Å²) < 4.78 is 5.48. The third-order valence-electron chi connectivity index (χ3n) is 2.40. The van der Waals surface area contributed by atoms with Gasteiger partial charge in [-0.2, -0.15) is 0 Å². The number of pyridine rings is 1. The molecule has 1 aromatic heterocycles. The molecule has 102 valence electrons. The fourth-order valence-corrected chi connectivity index (χ4v) is 1.54. The van der Waals surface area contributed by atoms with Crippen molar-refractivity contribution in [1.29, 1.82) is 0 Å². The molecule has 0 bridgehead atoms. The predicted octanol–water partition coefficient (Wildman–Crippen LogP) is 2.41. The Kier molecular flexibility index (Phi) is 3.90. The lowest BCUT2D eigenvalue weighted by Crippen LogP contribution is -2.02. The van der Waals surface area contributed by atoms with E-state index in [2.05, 4.69) is 4.98 Å². The van der Waals surface area contributed by atoms with E-state index >= 15 is 0 Å². The summed E-state index contributed by atoms with van der Waals surface area (Å²) >= 11 is 0. The second kappa shape index (κ2) is 5.79. The molecule has 1 N–H and O–H groups in total. The standard InChI is InChI=1S/C13H10N2O5/c16-13(17)8-9-7-12(5-6-14-9)20-11-3-1-10(2-4-11)15(18)19/h1-7H,8H2,(H,16,17). The summed E-state index contributed by atoms with van der Waals surface area (Å²) in [4.78, 5) is 24.5. The minimum atomic E-state index is -0.981. The van der Waals surface area contributed by atoms with E-state index in [0.29, 0.717) is 17.2 Å². The minimum Gasteiger partial charge on any atom is -0.481 e. The van der Waals surface area contributed by atoms with Gasteiger partial charge in [0, 0.05) is 24.4 Å². The molecule has 0 unspecified atom stereocenters. The molecule has 7 nitrogen and oxygen atoms in total. The van der Waals surface area contributed by atoms with E-state index in [9.17, 15) is 14.9 Å². The van der Waals surface area contributed by atoms with E-state index in [4.69, 9.17) is 9.84 Å². The molecule has 0 aliphatic carbocycles. The number of hydrogen-bond acceptors (Lipinski definition) is 5. The zero-order valence-electron chi connectivity index (χ0n) is 10.2. The average Bonchev–Trinajstić information content (AvgIpc) is 2.39. The van der Waals surface area contributed by atoms with Gasteiger partial charge in [0.1, 0.15) is 11.5 Å². The van der Waals surface area contributed by atoms with E-state index < -0.39 is 10.9 Å². The van der Waals surface area contributed by atoms with Crippen LogP contribution in [0.25, 0.3) is 0 Å². The van der Waals surface area contributed by atoms with Crippen molar-refractivity contribution in [3.63, 3.8) is 0 Å². The first kappa shape index (κ1) is 13.5. The Morgan fingerprint density at radius 1 is 1.25 bits per heavy atom. The monoisotopic (exact) mass is 274 g/mol. The van der Waals surface area contributed by atoms with Crippen LogP contribution in [0.2, 0.25) is 0 Å². The van der Waals surface area contributed by atoms with Gasteiger partial charge in [-0.05, 0) is 18.2 Å². The highest BCUT2D eigenvalue weighted by atomic mass is 16.6. The maximum Gasteiger partial charge on any atom is 0.309 e. The first-order valence-corrected chi connectivity index (χ1v) is 5.63. The number of carboxylic acid groups (broad SMARTS) is 1. The molecular formula is C13H10N2O5. The van der Waals surface area contributed by atoms with Crippen LogP contribution in [0.3, 0.4) is 0 Å². The summed E-state index contributed by atoms with van der Waals surface area (Å²) in [5.74, 6) is -0.141. The van der Waals surface area contributed by atoms with Crippen LogP contribution >= 0.6 is 0 Å². The first-order chi connectivity index (χ1) is 9.54. The van der Waals surface area contributed by atoms with Crippen molar-refractivity contribution < 1.29 is 19.6 Å². The molecule has 0 fully saturated rings. The number of nitro benzene ring substituents is 1. The summed E-state index contributed by atoms with van der Waals surface area (Å²) in [7, 11) is 0. The number of aromatic nitrogens is 1. The Morgan fingerprint density at radius 2 is 1.95 bits per heavy atom. The van der Waals surface area contributed by atoms with Crippen LogP contribution < -0.4 is 4.74 Å². The first-order valence-electron chi connectivity index (χ1n) is 5.63. The highest BCUT2D eigenvalue weighted by Crippen LogP contribution is 2.23. The van der Waals surface area contributed by atoms with Gasteiger partial charge < -0.3 is 9.84 Å². The van der Waals surface area contributed by atoms with E-state index in [1.807, 2.05) is 0 Å². The van der Waals surface area contributed by atoms with E-state index in [-0.39, 0.29) is 12.1 Å². The van der Waals surface area contributed by atoms with Crippen molar-refractivity contribution >= 4 is 11.7 Å². The molecule has 0 radical (unpaired) electrons. The number of carbonyl (C=O) groups is 1. The summed E-state index contributed by atoms with van der Waals surface area (Å²) in [6, 6.07) is 8.68. The van der Waals surface area contributed by atoms with Gasteiger partial charge in [-0.1, -0.05) is 0 Å². The fourth-order valence-electron chi connectivity index (χ4n) is 1.54. The Bertz CT molecular complexity index is 639. The molecule has 20 heavy (non-hydrogen) atoms. The minimum absolute atomic E-state index is 0.0290. The molecule has 0 saturated carbocycles. The number of ether oxygens (including phenoxy) is 1. The number of rotatable bonds is 5. The van der Waals surface area contributed by atoms with Crippen LogP contribution in [-0.4, -0.2) is 21.0 Å². The molecule has 0 saturated heterocycles. The molecule has 2 rings (SSSR count). The maximum absolute atomic E-state index is 10.6. The molecule has 2 aromatic rings. The smallest absolute Gasteiger partial charge is 0.309 e. The van der Waals surface area contributed by atoms with Crippen molar-refractivity contribution in [3.8, 4) is 11.5 Å². The SMILES string of the molecule is O=C(O)Cc1cc(Oc2ccc([N+](=O)[O-])cc2)ccn1. The third-order valence-corrected chi connectivity index (χ3v) is 2.40. The summed E-state index contributed by atoms with van der Waals surface area (Å²) in [6.45, 7) is 0. The highest BCUT2D eigenvalue weighted by molar-refractivity contribution is 5.69. The van der Waals surface area contributed by atoms with Gasteiger partial charge in [0.05, 0.1) is 17.0 Å². The van der Waals surface area contributed by atoms with Gasteiger partial charge >= 0.3 is 5.97 Å². The van der Waals surface area contributed by atoms with E-state index in [1.165, 1.54) is 36.5 Å². The van der Waals surface area contributed by atoms with E-state index in [1.54, 1.807) is 6.07 Å². The Hall–Kier alpha value is -2.96. The number of nitrogens with zero attached hydrogens (tertiary/aromatic N) is 2. The summed E-state index contributed by atoms with van der Waals surface area (Å²) in [5.41, 5.74) is 0.343. The van der Waals surface area contributed by atoms with Crippen LogP contribution in [-0.2, 0) is 11.2 Å². The molecule has 7 heteroatoms. The van der Waals surface area contributed by atoms with E-state index in [0.717, 1.165) is 0 Å². The number of hydrogen-bond donors (Lipinski definition) is 1. The van der Waals surface area contributed by atoms with Crippen LogP contribution in [0.4, 0.5) is 5.69 Å². The topological polar surface area (TPSA) is 103 Å². The fraction of sp³-hybridized carbons (Fsp3) is 0.0769. The molecular weight excluding hydrogens is 264 g/mol. The van der Waals surface area contributed by atoms with Gasteiger partial charge in [0.2, 0.25) is 0 Å². The second-order valence-corrected chi connectivity index (χ2v) is 3.91. The predicted molar refractivity (Wildman–Crippen MR) is 68.7 cm³/mol. The quantitative estimate of drug-likeness (QED) is 0.663. The Balaban J connectivity index is 2.13. The molecule has 1 aromatic carbocycles. The van der Waals surface area contributed by atoms with Gasteiger partial charge in [-0.15, -0.1) is 0 Å². The lowest BCUT2D eigenvalue weighted by molar-refractivity contribution is -0.384. The van der Waals surface area contributed by atoms with Crippen molar-refractivity contribution in [2.75, 3.05) is 0 Å². The summed E-state index contributed by atoms with van der Waals surface area (Å²) in [5, 5.41) is 19.2. The zero-order chi connectivity index (χ0) is 14.5. The number of non-ortho nitro benzene ring substituents is 1. The second-order valence-electron chi connectivity index (χ2n) is 3.91. The summed E-state index contributed by atoms with van der Waals surface area (Å²) in [6.07, 6.45) is 1.25. The van der Waals surface area contributed by atoms with Crippen molar-refractivity contribution in [3.05, 3.63) is 58.4 Å². The van der Waals surface area contributed by atoms with Gasteiger partial charge in [0.25, 0.3) is 5.69 Å². The maximum atomic E-state index is 10.6. The number of carboxylic acids is 1. The van der Waals surface area contributed by atoms with Crippen molar-refractivity contribution in [2.45, 2.75) is 6.42 Å². The van der Waals surface area contributed by atoms with Crippen LogP contribution in [0, 0.1) is 10.1 Å². The third kappa shape index (κ3) is 3.52.